The van der Waals surface area contributed by atoms with Crippen molar-refractivity contribution in [3.63, 3.8) is 0 Å². The normalized spacial score (nSPS) is 14.1. The first-order chi connectivity index (χ1) is 16.3. The molecule has 1 aliphatic heterocycles. The van der Waals surface area contributed by atoms with Gasteiger partial charge in [-0.05, 0) is 61.4 Å². The molecule has 3 aromatic rings. The summed E-state index contributed by atoms with van der Waals surface area (Å²) >= 11 is 0. The van der Waals surface area contributed by atoms with E-state index in [1.165, 1.54) is 40.7 Å². The number of hydrogen-bond acceptors (Lipinski definition) is 9. The molecule has 0 radical (unpaired) electrons. The zero-order valence-corrected chi connectivity index (χ0v) is 19.3. The van der Waals surface area contributed by atoms with E-state index in [-0.39, 0.29) is 22.6 Å². The number of aromatic nitrogens is 2. The number of sulfonamides is 1. The second-order valence-electron chi connectivity index (χ2n) is 7.68. The molecule has 0 N–H and O–H groups in total. The number of hydrogen-bond donors (Lipinski definition) is 0. The van der Waals surface area contributed by atoms with Gasteiger partial charge in [-0.3, -0.25) is 4.79 Å². The molecule has 178 valence electrons. The molecule has 0 bridgehead atoms. The maximum atomic E-state index is 12.6. The largest absolute Gasteiger partial charge is 0.485 e. The summed E-state index contributed by atoms with van der Waals surface area (Å²) in [6, 6.07) is 11.9. The molecule has 10 nitrogen and oxygen atoms in total. The maximum Gasteiger partial charge on any atom is 0.338 e. The molecule has 0 spiro atoms. The lowest BCUT2D eigenvalue weighted by atomic mass is 10.1. The summed E-state index contributed by atoms with van der Waals surface area (Å²) in [7, 11) is -3.55. The number of aryl methyl sites for hydroxylation is 1. The summed E-state index contributed by atoms with van der Waals surface area (Å²) in [5.74, 6) is 0.241. The van der Waals surface area contributed by atoms with Gasteiger partial charge in [0.15, 0.2) is 19.0 Å². The Morgan fingerprint density at radius 2 is 1.65 bits per heavy atom. The Hall–Kier alpha value is -3.57. The van der Waals surface area contributed by atoms with Gasteiger partial charge >= 0.3 is 5.97 Å². The third kappa shape index (κ3) is 5.49. The minimum Gasteiger partial charge on any atom is -0.485 e. The zero-order chi connectivity index (χ0) is 24.1. The van der Waals surface area contributed by atoms with Crippen LogP contribution in [0.3, 0.4) is 0 Å². The topological polar surface area (TPSA) is 129 Å². The van der Waals surface area contributed by atoms with E-state index in [0.717, 1.165) is 12.8 Å². The molecule has 2 aromatic carbocycles. The Morgan fingerprint density at radius 1 is 1.00 bits per heavy atom. The molecule has 34 heavy (non-hydrogen) atoms. The van der Waals surface area contributed by atoms with Crippen molar-refractivity contribution in [2.45, 2.75) is 31.3 Å². The Balaban J connectivity index is 1.29. The van der Waals surface area contributed by atoms with E-state index in [9.17, 15) is 18.0 Å². The van der Waals surface area contributed by atoms with Crippen LogP contribution in [0.25, 0.3) is 0 Å². The molecule has 0 aliphatic carbocycles. The third-order valence-corrected chi connectivity index (χ3v) is 7.15. The van der Waals surface area contributed by atoms with Crippen molar-refractivity contribution in [3.05, 3.63) is 71.4 Å². The van der Waals surface area contributed by atoms with Crippen LogP contribution >= 0.6 is 0 Å². The van der Waals surface area contributed by atoms with Crippen LogP contribution in [0.2, 0.25) is 0 Å². The lowest BCUT2D eigenvalue weighted by molar-refractivity contribution is 0.0474. The average Bonchev–Trinajstić information content (AvgIpc) is 3.54. The highest BCUT2D eigenvalue weighted by Gasteiger charge is 2.27. The van der Waals surface area contributed by atoms with Gasteiger partial charge in [0.25, 0.3) is 0 Å². The van der Waals surface area contributed by atoms with E-state index >= 15 is 0 Å². The first kappa shape index (κ1) is 23.6. The monoisotopic (exact) mass is 485 g/mol. The number of ether oxygens (including phenoxy) is 2. The number of benzene rings is 2. The van der Waals surface area contributed by atoms with Gasteiger partial charge in [0.1, 0.15) is 5.75 Å². The first-order valence-corrected chi connectivity index (χ1v) is 12.1. The number of carbonyl (C=O) groups is 2. The molecule has 4 rings (SSSR count). The van der Waals surface area contributed by atoms with E-state index in [1.54, 1.807) is 19.1 Å². The molecule has 1 aromatic heterocycles. The second-order valence-corrected chi connectivity index (χ2v) is 9.62. The van der Waals surface area contributed by atoms with Gasteiger partial charge in [-0.15, -0.1) is 0 Å². The van der Waals surface area contributed by atoms with Crippen molar-refractivity contribution in [1.29, 1.82) is 0 Å². The molecule has 0 saturated carbocycles. The molecule has 1 saturated heterocycles. The SMILES string of the molecule is Cc1nc(COc2ccc(C(=O)OCC(=O)c3ccc(S(=O)(=O)N4CCCC4)cc3)cc2)no1. The molecule has 2 heterocycles. The number of nitrogens with zero attached hydrogens (tertiary/aromatic N) is 3. The molecular formula is C23H23N3O7S. The van der Waals surface area contributed by atoms with Crippen LogP contribution in [-0.4, -0.2) is 54.3 Å². The van der Waals surface area contributed by atoms with Crippen LogP contribution in [0, 0.1) is 6.92 Å². The highest BCUT2D eigenvalue weighted by molar-refractivity contribution is 7.89. The maximum absolute atomic E-state index is 12.6. The second kappa shape index (κ2) is 10.1. The molecular weight excluding hydrogens is 462 g/mol. The van der Waals surface area contributed by atoms with E-state index in [1.807, 2.05) is 0 Å². The van der Waals surface area contributed by atoms with E-state index in [0.29, 0.717) is 30.6 Å². The fourth-order valence-corrected chi connectivity index (χ4v) is 4.94. The number of carbonyl (C=O) groups excluding carboxylic acids is 2. The Kier molecular flexibility index (Phi) is 7.03. The van der Waals surface area contributed by atoms with Crippen molar-refractivity contribution in [2.24, 2.45) is 0 Å². The number of esters is 1. The fourth-order valence-electron chi connectivity index (χ4n) is 3.42. The van der Waals surface area contributed by atoms with Crippen molar-refractivity contribution >= 4 is 21.8 Å². The summed E-state index contributed by atoms with van der Waals surface area (Å²) in [6.45, 7) is 2.34. The molecule has 0 atom stereocenters. The Bertz CT molecular complexity index is 1260. The summed E-state index contributed by atoms with van der Waals surface area (Å²) in [4.78, 5) is 28.8. The lowest BCUT2D eigenvalue weighted by Gasteiger charge is -2.15. The smallest absolute Gasteiger partial charge is 0.338 e. The van der Waals surface area contributed by atoms with Crippen molar-refractivity contribution in [3.8, 4) is 5.75 Å². The van der Waals surface area contributed by atoms with Gasteiger partial charge in [0, 0.05) is 25.6 Å². The van der Waals surface area contributed by atoms with Crippen molar-refractivity contribution < 1.29 is 32.0 Å². The average molecular weight is 486 g/mol. The van der Waals surface area contributed by atoms with Gasteiger partial charge in [0.05, 0.1) is 10.5 Å². The summed E-state index contributed by atoms with van der Waals surface area (Å²) in [5.41, 5.74) is 0.510. The predicted octanol–water partition coefficient (Wildman–Crippen LogP) is 2.78. The third-order valence-electron chi connectivity index (χ3n) is 5.24. The molecule has 0 amide bonds. The molecule has 1 fully saturated rings. The van der Waals surface area contributed by atoms with E-state index in [2.05, 4.69) is 10.1 Å². The zero-order valence-electron chi connectivity index (χ0n) is 18.5. The summed E-state index contributed by atoms with van der Waals surface area (Å²) < 4.78 is 42.1. The molecule has 0 unspecified atom stereocenters. The molecule has 11 heteroatoms. The van der Waals surface area contributed by atoms with Gasteiger partial charge < -0.3 is 14.0 Å². The number of rotatable bonds is 9. The standard InChI is InChI=1S/C23H23N3O7S/c1-16-24-22(25-33-16)15-31-19-8-4-18(5-9-19)23(28)32-14-21(27)17-6-10-20(11-7-17)34(29,30)26-12-2-3-13-26/h4-11H,2-3,12-15H2,1H3. The Morgan fingerprint density at radius 3 is 2.26 bits per heavy atom. The Labute approximate surface area is 196 Å². The van der Waals surface area contributed by atoms with E-state index in [4.69, 9.17) is 14.0 Å². The van der Waals surface area contributed by atoms with Crippen LogP contribution in [0.4, 0.5) is 0 Å². The van der Waals surface area contributed by atoms with Crippen LogP contribution in [0.1, 0.15) is 45.3 Å². The first-order valence-electron chi connectivity index (χ1n) is 10.7. The van der Waals surface area contributed by atoms with Crippen molar-refractivity contribution in [1.82, 2.24) is 14.4 Å². The van der Waals surface area contributed by atoms with Gasteiger partial charge in [-0.2, -0.15) is 9.29 Å². The fraction of sp³-hybridized carbons (Fsp3) is 0.304. The van der Waals surface area contributed by atoms with Crippen LogP contribution in [-0.2, 0) is 21.4 Å². The van der Waals surface area contributed by atoms with Gasteiger partial charge in [-0.25, -0.2) is 13.2 Å². The number of Topliss-reactive ketones (excluding diaryl/α,β-unsaturated/α-hetero) is 1. The summed E-state index contributed by atoms with van der Waals surface area (Å²) in [5, 5.41) is 3.73. The lowest BCUT2D eigenvalue weighted by Crippen LogP contribution is -2.27. The minimum atomic E-state index is -3.55. The predicted molar refractivity (Wildman–Crippen MR) is 119 cm³/mol. The molecule has 1 aliphatic rings. The highest BCUT2D eigenvalue weighted by Crippen LogP contribution is 2.21. The van der Waals surface area contributed by atoms with Crippen LogP contribution < -0.4 is 4.74 Å². The van der Waals surface area contributed by atoms with Crippen molar-refractivity contribution in [2.75, 3.05) is 19.7 Å². The minimum absolute atomic E-state index is 0.119. The highest BCUT2D eigenvalue weighted by atomic mass is 32.2. The quantitative estimate of drug-likeness (QED) is 0.332. The summed E-state index contributed by atoms with van der Waals surface area (Å²) in [6.07, 6.45) is 1.69. The number of ketones is 1. The van der Waals surface area contributed by atoms with Crippen LogP contribution in [0.5, 0.6) is 5.75 Å². The van der Waals surface area contributed by atoms with Gasteiger partial charge in [0.2, 0.25) is 21.7 Å². The van der Waals surface area contributed by atoms with E-state index < -0.39 is 28.4 Å². The van der Waals surface area contributed by atoms with Gasteiger partial charge in [-0.1, -0.05) is 5.16 Å². The van der Waals surface area contributed by atoms with Crippen LogP contribution in [0.15, 0.2) is 57.9 Å².